The molecule has 3 nitrogen and oxygen atoms in total. The molecule has 0 radical (unpaired) electrons. The topological polar surface area (TPSA) is 29.1 Å². The first kappa shape index (κ1) is 15.2. The zero-order valence-electron chi connectivity index (χ0n) is 11.5. The number of nitrogens with one attached hydrogen (secondary N) is 1. The maximum atomic E-state index is 11.5. The average Bonchev–Trinajstić information content (AvgIpc) is 2.26. The van der Waals surface area contributed by atoms with E-state index < -0.39 is 0 Å². The van der Waals surface area contributed by atoms with Crippen molar-refractivity contribution in [1.82, 2.24) is 5.32 Å². The summed E-state index contributed by atoms with van der Waals surface area (Å²) in [5.74, 6) is -0.0334. The van der Waals surface area contributed by atoms with Gasteiger partial charge in [0.2, 0.25) is 5.91 Å². The van der Waals surface area contributed by atoms with Gasteiger partial charge in [-0.15, -0.1) is 0 Å². The molecule has 0 aromatic carbocycles. The molecule has 3 heteroatoms. The van der Waals surface area contributed by atoms with Crippen LogP contribution in [0.2, 0.25) is 0 Å². The maximum Gasteiger partial charge on any atom is 0.246 e. The Morgan fingerprint density at radius 2 is 1.69 bits per heavy atom. The lowest BCUT2D eigenvalue weighted by Crippen LogP contribution is -2.54. The molecular weight excluding hydrogens is 200 g/mol. The first-order chi connectivity index (χ1) is 7.40. The summed E-state index contributed by atoms with van der Waals surface area (Å²) in [5, 5.41) is 2.98. The Bertz CT molecular complexity index is 236. The van der Waals surface area contributed by atoms with E-state index in [9.17, 15) is 4.79 Å². The average molecular weight is 227 g/mol. The van der Waals surface area contributed by atoms with E-state index in [0.717, 1.165) is 30.7 Å². The molecule has 0 aliphatic rings. The molecule has 1 N–H and O–H groups in total. The summed E-state index contributed by atoms with van der Waals surface area (Å²) in [4.78, 5) is 11.5. The van der Waals surface area contributed by atoms with E-state index in [0.29, 0.717) is 5.57 Å². The number of carbonyl (C=O) groups is 1. The minimum Gasteiger partial charge on any atom is -0.344 e. The molecule has 1 unspecified atom stereocenters. The number of carbonyl (C=O) groups excluding carboxylic acids is 1. The predicted octanol–water partition coefficient (Wildman–Crippen LogP) is 1.94. The van der Waals surface area contributed by atoms with Crippen molar-refractivity contribution in [1.29, 1.82) is 0 Å². The molecule has 0 aliphatic heterocycles. The molecule has 0 aliphatic carbocycles. The van der Waals surface area contributed by atoms with E-state index in [1.54, 1.807) is 6.92 Å². The highest BCUT2D eigenvalue weighted by molar-refractivity contribution is 5.92. The van der Waals surface area contributed by atoms with Crippen molar-refractivity contribution in [3.63, 3.8) is 0 Å². The van der Waals surface area contributed by atoms with Gasteiger partial charge in [0.15, 0.2) is 0 Å². The van der Waals surface area contributed by atoms with Gasteiger partial charge >= 0.3 is 0 Å². The standard InChI is InChI=1S/C13H26N2O/c1-7-15(8-2,9-3)10-12(6)14-13(16)11(4)5/h12H,4,7-10H2,1-3,5-6H3/p+1. The third-order valence-electron chi connectivity index (χ3n) is 3.44. The molecule has 0 fully saturated rings. The van der Waals surface area contributed by atoms with Gasteiger partial charge in [-0.2, -0.15) is 0 Å². The van der Waals surface area contributed by atoms with Crippen LogP contribution in [-0.2, 0) is 4.79 Å². The van der Waals surface area contributed by atoms with E-state index >= 15 is 0 Å². The van der Waals surface area contributed by atoms with Crippen molar-refractivity contribution in [2.75, 3.05) is 26.2 Å². The van der Waals surface area contributed by atoms with Gasteiger partial charge in [0.1, 0.15) is 0 Å². The van der Waals surface area contributed by atoms with E-state index in [-0.39, 0.29) is 11.9 Å². The molecule has 0 aromatic rings. The summed E-state index contributed by atoms with van der Waals surface area (Å²) in [6.07, 6.45) is 0. The number of nitrogens with zero attached hydrogens (tertiary/aromatic N) is 1. The van der Waals surface area contributed by atoms with Crippen molar-refractivity contribution in [3.8, 4) is 0 Å². The second-order valence-corrected chi connectivity index (χ2v) is 4.63. The van der Waals surface area contributed by atoms with Gasteiger partial charge in [0.25, 0.3) is 0 Å². The fraction of sp³-hybridized carbons (Fsp3) is 0.769. The summed E-state index contributed by atoms with van der Waals surface area (Å²) in [5.41, 5.74) is 0.578. The van der Waals surface area contributed by atoms with Crippen LogP contribution in [0.1, 0.15) is 34.6 Å². The second-order valence-electron chi connectivity index (χ2n) is 4.63. The maximum absolute atomic E-state index is 11.5. The predicted molar refractivity (Wildman–Crippen MR) is 69.2 cm³/mol. The van der Waals surface area contributed by atoms with Crippen LogP contribution in [0.4, 0.5) is 0 Å². The summed E-state index contributed by atoms with van der Waals surface area (Å²) in [7, 11) is 0. The highest BCUT2D eigenvalue weighted by Crippen LogP contribution is 2.07. The fourth-order valence-electron chi connectivity index (χ4n) is 2.03. The third kappa shape index (κ3) is 4.35. The third-order valence-corrected chi connectivity index (χ3v) is 3.44. The number of hydrogen-bond acceptors (Lipinski definition) is 1. The Kier molecular flexibility index (Phi) is 6.34. The van der Waals surface area contributed by atoms with Crippen molar-refractivity contribution < 1.29 is 9.28 Å². The number of quaternary nitrogens is 1. The lowest BCUT2D eigenvalue weighted by atomic mass is 10.2. The lowest BCUT2D eigenvalue weighted by Gasteiger charge is -2.38. The van der Waals surface area contributed by atoms with Crippen LogP contribution in [0, 0.1) is 0 Å². The van der Waals surface area contributed by atoms with E-state index in [2.05, 4.69) is 39.6 Å². The van der Waals surface area contributed by atoms with Crippen LogP contribution in [0.25, 0.3) is 0 Å². The fourth-order valence-corrected chi connectivity index (χ4v) is 2.03. The van der Waals surface area contributed by atoms with E-state index in [1.807, 2.05) is 0 Å². The lowest BCUT2D eigenvalue weighted by molar-refractivity contribution is -0.924. The van der Waals surface area contributed by atoms with Gasteiger partial charge < -0.3 is 9.80 Å². The minimum atomic E-state index is -0.0334. The molecule has 16 heavy (non-hydrogen) atoms. The normalized spacial score (nSPS) is 13.3. The van der Waals surface area contributed by atoms with Crippen LogP contribution in [0.15, 0.2) is 12.2 Å². The van der Waals surface area contributed by atoms with Crippen molar-refractivity contribution >= 4 is 5.91 Å². The number of amides is 1. The van der Waals surface area contributed by atoms with Crippen LogP contribution in [0.5, 0.6) is 0 Å². The summed E-state index contributed by atoms with van der Waals surface area (Å²) < 4.78 is 1.05. The zero-order chi connectivity index (χ0) is 12.8. The molecule has 0 saturated carbocycles. The molecule has 0 spiro atoms. The highest BCUT2D eigenvalue weighted by atomic mass is 16.1. The number of likely N-dealkylation sites (N-methyl/N-ethyl adjacent to an activating group) is 1. The van der Waals surface area contributed by atoms with Gasteiger partial charge in [0.05, 0.1) is 32.2 Å². The number of rotatable bonds is 7. The second kappa shape index (κ2) is 6.69. The molecule has 94 valence electrons. The Hall–Kier alpha value is -0.830. The molecule has 0 bridgehead atoms. The van der Waals surface area contributed by atoms with Crippen molar-refractivity contribution in [2.24, 2.45) is 0 Å². The van der Waals surface area contributed by atoms with E-state index in [4.69, 9.17) is 0 Å². The van der Waals surface area contributed by atoms with Crippen LogP contribution >= 0.6 is 0 Å². The SMILES string of the molecule is C=C(C)C(=O)NC(C)C[N+](CC)(CC)CC. The van der Waals surface area contributed by atoms with E-state index in [1.165, 1.54) is 0 Å². The van der Waals surface area contributed by atoms with Gasteiger partial charge in [-0.25, -0.2) is 0 Å². The van der Waals surface area contributed by atoms with Crippen LogP contribution in [0.3, 0.4) is 0 Å². The quantitative estimate of drug-likeness (QED) is 0.523. The summed E-state index contributed by atoms with van der Waals surface area (Å²) in [6.45, 7) is 18.4. The zero-order valence-corrected chi connectivity index (χ0v) is 11.5. The van der Waals surface area contributed by atoms with Crippen LogP contribution in [-0.4, -0.2) is 42.6 Å². The van der Waals surface area contributed by atoms with Gasteiger partial charge in [0, 0.05) is 5.57 Å². The molecule has 0 rings (SSSR count). The molecule has 1 atom stereocenters. The number of hydrogen-bond donors (Lipinski definition) is 1. The minimum absolute atomic E-state index is 0.0334. The summed E-state index contributed by atoms with van der Waals surface area (Å²) in [6, 6.07) is 0.198. The summed E-state index contributed by atoms with van der Waals surface area (Å²) >= 11 is 0. The Balaban J connectivity index is 4.36. The molecular formula is C13H27N2O+. The van der Waals surface area contributed by atoms with Crippen LogP contribution < -0.4 is 5.32 Å². The van der Waals surface area contributed by atoms with Crippen molar-refractivity contribution in [3.05, 3.63) is 12.2 Å². The first-order valence-corrected chi connectivity index (χ1v) is 6.22. The first-order valence-electron chi connectivity index (χ1n) is 6.22. The van der Waals surface area contributed by atoms with Gasteiger partial charge in [-0.3, -0.25) is 4.79 Å². The van der Waals surface area contributed by atoms with Gasteiger partial charge in [-0.1, -0.05) is 6.58 Å². The largest absolute Gasteiger partial charge is 0.344 e. The Labute approximate surface area is 100 Å². The molecule has 0 saturated heterocycles. The Morgan fingerprint density at radius 3 is 2.00 bits per heavy atom. The molecule has 1 amide bonds. The van der Waals surface area contributed by atoms with Gasteiger partial charge in [-0.05, 0) is 34.6 Å². The smallest absolute Gasteiger partial charge is 0.246 e. The molecule has 0 heterocycles. The monoisotopic (exact) mass is 227 g/mol. The molecule has 0 aromatic heterocycles. The van der Waals surface area contributed by atoms with Crippen molar-refractivity contribution in [2.45, 2.75) is 40.7 Å². The Morgan fingerprint density at radius 1 is 1.25 bits per heavy atom. The highest BCUT2D eigenvalue weighted by Gasteiger charge is 2.24.